The maximum absolute atomic E-state index is 13.0. The highest BCUT2D eigenvalue weighted by Gasteiger charge is 2.46. The number of nitrogens with one attached hydrogen (secondary N) is 1. The van der Waals surface area contributed by atoms with Crippen molar-refractivity contribution in [2.24, 2.45) is 0 Å². The fraction of sp³-hybridized carbons (Fsp3) is 0.789. The Bertz CT molecular complexity index is 572. The van der Waals surface area contributed by atoms with Crippen molar-refractivity contribution in [2.75, 3.05) is 39.3 Å². The molecule has 2 fully saturated rings. The first-order valence-corrected chi connectivity index (χ1v) is 9.58. The molecule has 28 heavy (non-hydrogen) atoms. The number of likely N-dealkylation sites (tertiary alicyclic amines) is 1. The lowest BCUT2D eigenvalue weighted by molar-refractivity contribution is -0.186. The maximum Gasteiger partial charge on any atom is 0.410 e. The lowest BCUT2D eigenvalue weighted by Gasteiger charge is -2.49. The number of carbonyl (C=O) groups is 2. The molecule has 2 saturated heterocycles. The third-order valence-electron chi connectivity index (χ3n) is 4.76. The second-order valence-corrected chi connectivity index (χ2v) is 8.38. The average Bonchev–Trinajstić information content (AvgIpc) is 2.57. The van der Waals surface area contributed by atoms with E-state index >= 15 is 0 Å². The van der Waals surface area contributed by atoms with E-state index in [2.05, 4.69) is 11.9 Å². The lowest BCUT2D eigenvalue weighted by atomic mass is 9.88. The van der Waals surface area contributed by atoms with Gasteiger partial charge in [-0.2, -0.15) is 0 Å². The van der Waals surface area contributed by atoms with E-state index in [0.29, 0.717) is 32.5 Å². The second-order valence-electron chi connectivity index (χ2n) is 8.38. The van der Waals surface area contributed by atoms with Gasteiger partial charge in [0.2, 0.25) is 0 Å². The van der Waals surface area contributed by atoms with Crippen LogP contribution in [0.4, 0.5) is 13.6 Å². The molecule has 2 aliphatic heterocycles. The standard InChI is InChI=1S/C19H31F2N3O4/c1-5-8-22-16(25)14-11-23(12-15(20)21)13-19(27-14)6-9-24(10-7-19)17(26)28-18(2,3)4/h5,14-15H,1,6-13H2,2-4H3,(H,22,25). The molecule has 0 aliphatic carbocycles. The van der Waals surface area contributed by atoms with Crippen LogP contribution < -0.4 is 5.32 Å². The summed E-state index contributed by atoms with van der Waals surface area (Å²) >= 11 is 0. The van der Waals surface area contributed by atoms with Crippen LogP contribution in [-0.2, 0) is 14.3 Å². The van der Waals surface area contributed by atoms with Crippen molar-refractivity contribution >= 4 is 12.0 Å². The Balaban J connectivity index is 2.04. The smallest absolute Gasteiger partial charge is 0.410 e. The molecule has 2 aliphatic rings. The molecule has 0 bridgehead atoms. The number of amides is 2. The van der Waals surface area contributed by atoms with Gasteiger partial charge < -0.3 is 19.7 Å². The number of nitrogens with zero attached hydrogens (tertiary/aromatic N) is 2. The predicted molar refractivity (Wildman–Crippen MR) is 100 cm³/mol. The Labute approximate surface area is 165 Å². The van der Waals surface area contributed by atoms with Gasteiger partial charge in [0.15, 0.2) is 0 Å². The summed E-state index contributed by atoms with van der Waals surface area (Å²) in [6, 6.07) is 0. The SMILES string of the molecule is C=CCNC(=O)C1CN(CC(F)F)CC2(CCN(C(=O)OC(C)(C)C)CC2)O1. The fourth-order valence-electron chi connectivity index (χ4n) is 3.54. The van der Waals surface area contributed by atoms with Crippen LogP contribution in [0.2, 0.25) is 0 Å². The Hall–Kier alpha value is -1.74. The highest BCUT2D eigenvalue weighted by Crippen LogP contribution is 2.33. The number of ether oxygens (including phenoxy) is 2. The summed E-state index contributed by atoms with van der Waals surface area (Å²) in [4.78, 5) is 27.8. The summed E-state index contributed by atoms with van der Waals surface area (Å²) in [5, 5.41) is 2.67. The molecule has 1 N–H and O–H groups in total. The Morgan fingerprint density at radius 2 is 2.00 bits per heavy atom. The second kappa shape index (κ2) is 9.17. The molecule has 1 spiro atoms. The van der Waals surface area contributed by atoms with Crippen molar-refractivity contribution in [3.8, 4) is 0 Å². The Morgan fingerprint density at radius 1 is 1.36 bits per heavy atom. The molecular weight excluding hydrogens is 372 g/mol. The molecule has 0 aromatic carbocycles. The van der Waals surface area contributed by atoms with E-state index in [1.165, 1.54) is 0 Å². The normalized spacial score (nSPS) is 22.9. The third kappa shape index (κ3) is 6.41. The van der Waals surface area contributed by atoms with Crippen LogP contribution in [-0.4, -0.2) is 84.8 Å². The number of rotatable bonds is 5. The van der Waals surface area contributed by atoms with Gasteiger partial charge in [-0.15, -0.1) is 6.58 Å². The molecule has 7 nitrogen and oxygen atoms in total. The number of halogens is 2. The first kappa shape index (κ1) is 22.5. The molecule has 2 heterocycles. The van der Waals surface area contributed by atoms with E-state index in [1.807, 2.05) is 0 Å². The van der Waals surface area contributed by atoms with Gasteiger partial charge in [0.25, 0.3) is 12.3 Å². The van der Waals surface area contributed by atoms with Gasteiger partial charge in [-0.05, 0) is 33.6 Å². The number of alkyl halides is 2. The molecule has 0 aromatic heterocycles. The Kier molecular flexibility index (Phi) is 7.39. The van der Waals surface area contributed by atoms with Crippen LogP contribution in [0.25, 0.3) is 0 Å². The van der Waals surface area contributed by atoms with Crippen LogP contribution in [0.5, 0.6) is 0 Å². The first-order chi connectivity index (χ1) is 13.0. The minimum Gasteiger partial charge on any atom is -0.444 e. The first-order valence-electron chi connectivity index (χ1n) is 9.58. The molecule has 0 aromatic rings. The monoisotopic (exact) mass is 403 g/mol. The number of carbonyl (C=O) groups excluding carboxylic acids is 2. The van der Waals surface area contributed by atoms with Gasteiger partial charge in [0.05, 0.1) is 12.1 Å². The summed E-state index contributed by atoms with van der Waals surface area (Å²) in [7, 11) is 0. The van der Waals surface area contributed by atoms with Gasteiger partial charge in [-0.1, -0.05) is 6.08 Å². The van der Waals surface area contributed by atoms with Crippen molar-refractivity contribution in [3.63, 3.8) is 0 Å². The van der Waals surface area contributed by atoms with Crippen molar-refractivity contribution in [2.45, 2.75) is 57.3 Å². The molecule has 9 heteroatoms. The van der Waals surface area contributed by atoms with E-state index in [9.17, 15) is 18.4 Å². The highest BCUT2D eigenvalue weighted by atomic mass is 19.3. The molecule has 2 amide bonds. The summed E-state index contributed by atoms with van der Waals surface area (Å²) < 4.78 is 37.4. The van der Waals surface area contributed by atoms with Crippen LogP contribution >= 0.6 is 0 Å². The molecule has 1 unspecified atom stereocenters. The quantitative estimate of drug-likeness (QED) is 0.712. The van der Waals surface area contributed by atoms with Crippen LogP contribution in [0, 0.1) is 0 Å². The van der Waals surface area contributed by atoms with E-state index in [-0.39, 0.29) is 19.0 Å². The average molecular weight is 403 g/mol. The number of morpholine rings is 1. The van der Waals surface area contributed by atoms with Crippen molar-refractivity contribution in [1.82, 2.24) is 15.1 Å². The van der Waals surface area contributed by atoms with Crippen molar-refractivity contribution < 1.29 is 27.8 Å². The molecule has 0 saturated carbocycles. The lowest BCUT2D eigenvalue weighted by Crippen LogP contribution is -2.63. The maximum atomic E-state index is 13.0. The van der Waals surface area contributed by atoms with Crippen molar-refractivity contribution in [1.29, 1.82) is 0 Å². The number of piperidine rings is 1. The van der Waals surface area contributed by atoms with Gasteiger partial charge >= 0.3 is 6.09 Å². The zero-order valence-corrected chi connectivity index (χ0v) is 16.9. The van der Waals surface area contributed by atoms with Gasteiger partial charge in [0.1, 0.15) is 11.7 Å². The van der Waals surface area contributed by atoms with Crippen LogP contribution in [0.1, 0.15) is 33.6 Å². The summed E-state index contributed by atoms with van der Waals surface area (Å²) in [5.74, 6) is -0.340. The molecular formula is C19H31F2N3O4. The topological polar surface area (TPSA) is 71.1 Å². The van der Waals surface area contributed by atoms with Gasteiger partial charge in [-0.3, -0.25) is 9.69 Å². The molecule has 1 atom stereocenters. The number of hydrogen-bond donors (Lipinski definition) is 1. The molecule has 160 valence electrons. The fourth-order valence-corrected chi connectivity index (χ4v) is 3.54. The third-order valence-corrected chi connectivity index (χ3v) is 4.76. The number of hydrogen-bond acceptors (Lipinski definition) is 5. The summed E-state index contributed by atoms with van der Waals surface area (Å²) in [6.07, 6.45) is -1.27. The van der Waals surface area contributed by atoms with Gasteiger partial charge in [0, 0.05) is 32.7 Å². The van der Waals surface area contributed by atoms with E-state index in [1.54, 1.807) is 36.6 Å². The molecule has 2 rings (SSSR count). The van der Waals surface area contributed by atoms with Crippen molar-refractivity contribution in [3.05, 3.63) is 12.7 Å². The minimum atomic E-state index is -2.49. The zero-order chi connectivity index (χ0) is 20.9. The minimum absolute atomic E-state index is 0.116. The highest BCUT2D eigenvalue weighted by molar-refractivity contribution is 5.81. The van der Waals surface area contributed by atoms with E-state index in [4.69, 9.17) is 9.47 Å². The van der Waals surface area contributed by atoms with E-state index in [0.717, 1.165) is 0 Å². The predicted octanol–water partition coefficient (Wildman–Crippen LogP) is 2.02. The summed E-state index contributed by atoms with van der Waals surface area (Å²) in [5.41, 5.74) is -1.32. The largest absolute Gasteiger partial charge is 0.444 e. The molecule has 0 radical (unpaired) electrons. The van der Waals surface area contributed by atoms with E-state index < -0.39 is 36.4 Å². The van der Waals surface area contributed by atoms with Gasteiger partial charge in [-0.25, -0.2) is 13.6 Å². The zero-order valence-electron chi connectivity index (χ0n) is 16.9. The summed E-state index contributed by atoms with van der Waals surface area (Å²) in [6.45, 7) is 10.0. The van der Waals surface area contributed by atoms with Crippen LogP contribution in [0.15, 0.2) is 12.7 Å². The Morgan fingerprint density at radius 3 is 2.54 bits per heavy atom. The van der Waals surface area contributed by atoms with Crippen LogP contribution in [0.3, 0.4) is 0 Å².